The van der Waals surface area contributed by atoms with Crippen LogP contribution in [0.4, 0.5) is 0 Å². The third kappa shape index (κ3) is 7.82. The fourth-order valence-corrected chi connectivity index (χ4v) is 1.01. The van der Waals surface area contributed by atoms with Crippen molar-refractivity contribution in [1.82, 2.24) is 10.6 Å². The van der Waals surface area contributed by atoms with E-state index < -0.39 is 0 Å². The van der Waals surface area contributed by atoms with Gasteiger partial charge < -0.3 is 10.6 Å². The van der Waals surface area contributed by atoms with E-state index in [4.69, 9.17) is 0 Å². The highest BCUT2D eigenvalue weighted by Gasteiger charge is 1.98. The van der Waals surface area contributed by atoms with Crippen LogP contribution in [0.15, 0.2) is 0 Å². The molecule has 0 aliphatic carbocycles. The zero-order valence-electron chi connectivity index (χ0n) is 8.28. The molecule has 0 aliphatic heterocycles. The summed E-state index contributed by atoms with van der Waals surface area (Å²) < 4.78 is 0. The first kappa shape index (κ1) is 10.9. The highest BCUT2D eigenvalue weighted by molar-refractivity contribution is 4.62. The quantitative estimate of drug-likeness (QED) is 0.607. The molecule has 0 aromatic heterocycles. The number of likely N-dealkylation sites (N-methyl/N-ethyl adjacent to an activating group) is 1. The molecule has 0 aromatic carbocycles. The van der Waals surface area contributed by atoms with Gasteiger partial charge >= 0.3 is 0 Å². The van der Waals surface area contributed by atoms with E-state index in [1.165, 1.54) is 0 Å². The molecule has 0 rings (SSSR count). The zero-order valence-corrected chi connectivity index (χ0v) is 8.28. The molecule has 2 nitrogen and oxygen atoms in total. The van der Waals surface area contributed by atoms with E-state index in [0.717, 1.165) is 25.6 Å². The number of hydrogen-bond acceptors (Lipinski definition) is 2. The Kier molecular flexibility index (Phi) is 6.57. The Hall–Kier alpha value is -0.0800. The molecule has 68 valence electrons. The van der Waals surface area contributed by atoms with Crippen molar-refractivity contribution in [3.8, 4) is 0 Å². The second-order valence-electron chi connectivity index (χ2n) is 3.51. The Morgan fingerprint density at radius 2 is 1.73 bits per heavy atom. The second kappa shape index (κ2) is 6.62. The van der Waals surface area contributed by atoms with Crippen molar-refractivity contribution >= 4 is 0 Å². The van der Waals surface area contributed by atoms with Gasteiger partial charge in [0.15, 0.2) is 0 Å². The van der Waals surface area contributed by atoms with Crippen LogP contribution in [0.3, 0.4) is 0 Å². The van der Waals surface area contributed by atoms with Gasteiger partial charge in [0.25, 0.3) is 0 Å². The minimum Gasteiger partial charge on any atom is -0.315 e. The van der Waals surface area contributed by atoms with Gasteiger partial charge in [0.1, 0.15) is 0 Å². The molecule has 0 saturated heterocycles. The molecule has 0 fully saturated rings. The van der Waals surface area contributed by atoms with Crippen LogP contribution in [-0.2, 0) is 0 Å². The molecule has 0 spiro atoms. The smallest absolute Gasteiger partial charge is 0.0164 e. The molecule has 0 aliphatic rings. The van der Waals surface area contributed by atoms with Gasteiger partial charge in [-0.3, -0.25) is 0 Å². The van der Waals surface area contributed by atoms with E-state index in [2.05, 4.69) is 38.3 Å². The first-order valence-electron chi connectivity index (χ1n) is 4.60. The molecule has 2 heteroatoms. The van der Waals surface area contributed by atoms with Crippen molar-refractivity contribution in [2.75, 3.05) is 19.6 Å². The lowest BCUT2D eigenvalue weighted by Crippen LogP contribution is -2.37. The minimum atomic E-state index is 0.596. The Morgan fingerprint density at radius 1 is 1.09 bits per heavy atom. The average Bonchev–Trinajstić information content (AvgIpc) is 1.87. The maximum absolute atomic E-state index is 3.41. The Labute approximate surface area is 70.8 Å². The van der Waals surface area contributed by atoms with Gasteiger partial charge in [0.2, 0.25) is 0 Å². The van der Waals surface area contributed by atoms with Gasteiger partial charge in [-0.1, -0.05) is 20.8 Å². The number of hydrogen-bond donors (Lipinski definition) is 2. The third-order valence-corrected chi connectivity index (χ3v) is 1.56. The molecule has 11 heavy (non-hydrogen) atoms. The van der Waals surface area contributed by atoms with E-state index in [1.54, 1.807) is 0 Å². The Balaban J connectivity index is 3.10. The third-order valence-electron chi connectivity index (χ3n) is 1.56. The van der Waals surface area contributed by atoms with E-state index in [-0.39, 0.29) is 0 Å². The van der Waals surface area contributed by atoms with Crippen LogP contribution in [0.5, 0.6) is 0 Å². The molecule has 1 atom stereocenters. The average molecular weight is 158 g/mol. The topological polar surface area (TPSA) is 24.1 Å². The van der Waals surface area contributed by atoms with Crippen LogP contribution in [0, 0.1) is 5.92 Å². The fourth-order valence-electron chi connectivity index (χ4n) is 1.01. The summed E-state index contributed by atoms with van der Waals surface area (Å²) in [6.07, 6.45) is 0. The molecule has 0 bridgehead atoms. The summed E-state index contributed by atoms with van der Waals surface area (Å²) in [6.45, 7) is 12.1. The number of nitrogens with one attached hydrogen (secondary N) is 2. The van der Waals surface area contributed by atoms with Gasteiger partial charge in [-0.05, 0) is 25.9 Å². The van der Waals surface area contributed by atoms with Crippen LogP contribution in [0.1, 0.15) is 27.7 Å². The maximum Gasteiger partial charge on any atom is 0.0164 e. The minimum absolute atomic E-state index is 0.596. The zero-order chi connectivity index (χ0) is 8.69. The van der Waals surface area contributed by atoms with Gasteiger partial charge in [-0.25, -0.2) is 0 Å². The summed E-state index contributed by atoms with van der Waals surface area (Å²) >= 11 is 0. The molecule has 0 radical (unpaired) electrons. The van der Waals surface area contributed by atoms with E-state index in [9.17, 15) is 0 Å². The summed E-state index contributed by atoms with van der Waals surface area (Å²) in [5, 5.41) is 6.76. The monoisotopic (exact) mass is 158 g/mol. The summed E-state index contributed by atoms with van der Waals surface area (Å²) in [5.74, 6) is 0.754. The van der Waals surface area contributed by atoms with Gasteiger partial charge in [0.05, 0.1) is 0 Å². The molecule has 0 saturated carbocycles. The van der Waals surface area contributed by atoms with E-state index >= 15 is 0 Å². The Bertz CT molecular complexity index is 81.6. The molecule has 0 aromatic rings. The van der Waals surface area contributed by atoms with Gasteiger partial charge in [0, 0.05) is 12.6 Å². The standard InChI is InChI=1S/C9H22N2/c1-5-11-9(4)7-10-6-8(2)3/h8-11H,5-7H2,1-4H3. The van der Waals surface area contributed by atoms with Crippen molar-refractivity contribution in [3.63, 3.8) is 0 Å². The molecule has 2 N–H and O–H groups in total. The van der Waals surface area contributed by atoms with Crippen LogP contribution in [-0.4, -0.2) is 25.7 Å². The van der Waals surface area contributed by atoms with Gasteiger partial charge in [-0.2, -0.15) is 0 Å². The van der Waals surface area contributed by atoms with Crippen molar-refractivity contribution in [1.29, 1.82) is 0 Å². The first-order chi connectivity index (χ1) is 5.16. The predicted molar refractivity (Wildman–Crippen MR) is 50.8 cm³/mol. The first-order valence-corrected chi connectivity index (χ1v) is 4.60. The van der Waals surface area contributed by atoms with Crippen LogP contribution in [0.2, 0.25) is 0 Å². The normalized spacial score (nSPS) is 13.9. The van der Waals surface area contributed by atoms with Crippen molar-refractivity contribution in [2.45, 2.75) is 33.7 Å². The second-order valence-corrected chi connectivity index (χ2v) is 3.51. The highest BCUT2D eigenvalue weighted by Crippen LogP contribution is 1.87. The van der Waals surface area contributed by atoms with Crippen molar-refractivity contribution < 1.29 is 0 Å². The summed E-state index contributed by atoms with van der Waals surface area (Å²) in [5.41, 5.74) is 0. The van der Waals surface area contributed by atoms with Crippen LogP contribution < -0.4 is 10.6 Å². The van der Waals surface area contributed by atoms with Gasteiger partial charge in [-0.15, -0.1) is 0 Å². The molecule has 0 amide bonds. The van der Waals surface area contributed by atoms with Crippen molar-refractivity contribution in [3.05, 3.63) is 0 Å². The van der Waals surface area contributed by atoms with E-state index in [1.807, 2.05) is 0 Å². The summed E-state index contributed by atoms with van der Waals surface area (Å²) in [6, 6.07) is 0.596. The lowest BCUT2D eigenvalue weighted by Gasteiger charge is -2.14. The molecular formula is C9H22N2. The van der Waals surface area contributed by atoms with Crippen LogP contribution in [0.25, 0.3) is 0 Å². The summed E-state index contributed by atoms with van der Waals surface area (Å²) in [7, 11) is 0. The predicted octanol–water partition coefficient (Wildman–Crippen LogP) is 1.23. The summed E-state index contributed by atoms with van der Waals surface area (Å²) in [4.78, 5) is 0. The lowest BCUT2D eigenvalue weighted by atomic mass is 10.2. The number of rotatable bonds is 6. The van der Waals surface area contributed by atoms with Crippen molar-refractivity contribution in [2.24, 2.45) is 5.92 Å². The molecule has 1 unspecified atom stereocenters. The maximum atomic E-state index is 3.41. The van der Waals surface area contributed by atoms with E-state index in [0.29, 0.717) is 6.04 Å². The molecule has 0 heterocycles. The SMILES string of the molecule is CCNC(C)CNCC(C)C. The fraction of sp³-hybridized carbons (Fsp3) is 1.00. The van der Waals surface area contributed by atoms with Crippen LogP contribution >= 0.6 is 0 Å². The largest absolute Gasteiger partial charge is 0.315 e. The highest BCUT2D eigenvalue weighted by atomic mass is 15.0. The lowest BCUT2D eigenvalue weighted by molar-refractivity contribution is 0.481. The molecular weight excluding hydrogens is 136 g/mol. The Morgan fingerprint density at radius 3 is 2.18 bits per heavy atom.